The van der Waals surface area contributed by atoms with E-state index < -0.39 is 12.2 Å². The monoisotopic (exact) mass is 179 g/mol. The van der Waals surface area contributed by atoms with Crippen molar-refractivity contribution in [2.24, 2.45) is 0 Å². The van der Waals surface area contributed by atoms with Crippen LogP contribution in [0.3, 0.4) is 0 Å². The number of hydrogen-bond donors (Lipinski definition) is 4. The lowest BCUT2D eigenvalue weighted by atomic mass is 10.4. The van der Waals surface area contributed by atoms with Gasteiger partial charge in [0.2, 0.25) is 0 Å². The zero-order valence-corrected chi connectivity index (χ0v) is 6.56. The fraction of sp³-hybridized carbons (Fsp3) is 0.833. The fourth-order valence-electron chi connectivity index (χ4n) is 0.502. The lowest BCUT2D eigenvalue weighted by Gasteiger charge is -2.07. The summed E-state index contributed by atoms with van der Waals surface area (Å²) in [4.78, 5) is 9.90. The molecule has 1 amide bonds. The van der Waals surface area contributed by atoms with Gasteiger partial charge in [-0.1, -0.05) is 0 Å². The van der Waals surface area contributed by atoms with Crippen LogP contribution in [0.25, 0.3) is 0 Å². The average Bonchev–Trinajstić information content (AvgIpc) is 2.03. The third-order valence-corrected chi connectivity index (χ3v) is 1.04. The van der Waals surface area contributed by atoms with Crippen molar-refractivity contribution in [3.63, 3.8) is 0 Å². The minimum Gasteiger partial charge on any atom is -0.465 e. The minimum atomic E-state index is -1.11. The summed E-state index contributed by atoms with van der Waals surface area (Å²) < 4.78 is 4.80. The maximum absolute atomic E-state index is 9.90. The first-order chi connectivity index (χ1) is 5.66. The van der Waals surface area contributed by atoms with E-state index in [1.807, 2.05) is 0 Å². The SMILES string of the molecule is O=C(O)NCCOCC(O)CO. The van der Waals surface area contributed by atoms with Crippen LogP contribution in [0, 0.1) is 0 Å². The molecule has 0 aromatic carbocycles. The largest absolute Gasteiger partial charge is 0.465 e. The summed E-state index contributed by atoms with van der Waals surface area (Å²) in [5.41, 5.74) is 0. The quantitative estimate of drug-likeness (QED) is 0.377. The van der Waals surface area contributed by atoms with Gasteiger partial charge in [0.05, 0.1) is 19.8 Å². The van der Waals surface area contributed by atoms with E-state index in [0.717, 1.165) is 0 Å². The molecule has 6 heteroatoms. The highest BCUT2D eigenvalue weighted by Gasteiger charge is 2.00. The standard InChI is InChI=1S/C6H13NO5/c8-3-5(9)4-12-2-1-7-6(10)11/h5,7-9H,1-4H2,(H,10,11). The Morgan fingerprint density at radius 2 is 2.25 bits per heavy atom. The van der Waals surface area contributed by atoms with Crippen molar-refractivity contribution in [1.29, 1.82) is 0 Å². The Morgan fingerprint density at radius 1 is 1.58 bits per heavy atom. The Kier molecular flexibility index (Phi) is 6.35. The Labute approximate surface area is 69.8 Å². The van der Waals surface area contributed by atoms with Gasteiger partial charge in [-0.2, -0.15) is 0 Å². The molecule has 12 heavy (non-hydrogen) atoms. The van der Waals surface area contributed by atoms with Gasteiger partial charge in [-0.25, -0.2) is 4.79 Å². The highest BCUT2D eigenvalue weighted by Crippen LogP contribution is 1.82. The van der Waals surface area contributed by atoms with Crippen LogP contribution in [0.2, 0.25) is 0 Å². The number of nitrogens with one attached hydrogen (secondary N) is 1. The number of ether oxygens (including phenoxy) is 1. The van der Waals surface area contributed by atoms with E-state index in [4.69, 9.17) is 20.1 Å². The van der Waals surface area contributed by atoms with Crippen LogP contribution >= 0.6 is 0 Å². The van der Waals surface area contributed by atoms with Crippen LogP contribution in [-0.4, -0.2) is 53.9 Å². The van der Waals surface area contributed by atoms with Gasteiger partial charge in [0.1, 0.15) is 6.10 Å². The van der Waals surface area contributed by atoms with Crippen molar-refractivity contribution in [3.8, 4) is 0 Å². The Balaban J connectivity index is 3.05. The molecule has 0 aliphatic carbocycles. The van der Waals surface area contributed by atoms with Crippen LogP contribution < -0.4 is 5.32 Å². The molecule has 0 aromatic rings. The number of hydrogen-bond acceptors (Lipinski definition) is 4. The highest BCUT2D eigenvalue weighted by atomic mass is 16.5. The summed E-state index contributed by atoms with van der Waals surface area (Å²) in [6.07, 6.45) is -2.00. The predicted molar refractivity (Wildman–Crippen MR) is 39.9 cm³/mol. The normalized spacial score (nSPS) is 12.5. The molecule has 0 bridgehead atoms. The molecule has 0 aliphatic rings. The molecule has 1 unspecified atom stereocenters. The molecule has 0 spiro atoms. The van der Waals surface area contributed by atoms with E-state index in [9.17, 15) is 4.79 Å². The van der Waals surface area contributed by atoms with Gasteiger partial charge >= 0.3 is 6.09 Å². The summed E-state index contributed by atoms with van der Waals surface area (Å²) in [5.74, 6) is 0. The number of carboxylic acid groups (broad SMARTS) is 1. The zero-order valence-electron chi connectivity index (χ0n) is 6.56. The summed E-state index contributed by atoms with van der Waals surface area (Å²) in [6, 6.07) is 0. The molecule has 0 heterocycles. The van der Waals surface area contributed by atoms with Crippen LogP contribution in [0.5, 0.6) is 0 Å². The molecule has 72 valence electrons. The third kappa shape index (κ3) is 7.26. The molecule has 0 aromatic heterocycles. The number of rotatable bonds is 6. The fourth-order valence-corrected chi connectivity index (χ4v) is 0.502. The predicted octanol–water partition coefficient (Wildman–Crippen LogP) is -1.38. The first-order valence-electron chi connectivity index (χ1n) is 3.50. The van der Waals surface area contributed by atoms with Crippen LogP contribution in [-0.2, 0) is 4.74 Å². The van der Waals surface area contributed by atoms with Gasteiger partial charge in [0.25, 0.3) is 0 Å². The van der Waals surface area contributed by atoms with E-state index in [-0.39, 0.29) is 26.4 Å². The zero-order chi connectivity index (χ0) is 9.40. The second-order valence-corrected chi connectivity index (χ2v) is 2.14. The van der Waals surface area contributed by atoms with E-state index in [0.29, 0.717) is 0 Å². The maximum atomic E-state index is 9.90. The number of aliphatic hydroxyl groups is 2. The number of carbonyl (C=O) groups is 1. The van der Waals surface area contributed by atoms with Gasteiger partial charge in [0, 0.05) is 6.54 Å². The van der Waals surface area contributed by atoms with Gasteiger partial charge in [-0.05, 0) is 0 Å². The maximum Gasteiger partial charge on any atom is 0.404 e. The van der Waals surface area contributed by atoms with E-state index in [1.54, 1.807) is 0 Å². The molecule has 1 atom stereocenters. The Hall–Kier alpha value is -0.850. The summed E-state index contributed by atoms with van der Waals surface area (Å²) in [7, 11) is 0. The molecule has 6 nitrogen and oxygen atoms in total. The third-order valence-electron chi connectivity index (χ3n) is 1.04. The molecular weight excluding hydrogens is 166 g/mol. The molecule has 0 saturated heterocycles. The first kappa shape index (κ1) is 11.2. The second-order valence-electron chi connectivity index (χ2n) is 2.14. The van der Waals surface area contributed by atoms with Crippen LogP contribution in [0.15, 0.2) is 0 Å². The molecule has 0 rings (SSSR count). The molecule has 0 aliphatic heterocycles. The smallest absolute Gasteiger partial charge is 0.404 e. The van der Waals surface area contributed by atoms with Crippen LogP contribution in [0.1, 0.15) is 0 Å². The second kappa shape index (κ2) is 6.84. The van der Waals surface area contributed by atoms with Crippen molar-refractivity contribution in [2.45, 2.75) is 6.10 Å². The van der Waals surface area contributed by atoms with Crippen molar-refractivity contribution in [3.05, 3.63) is 0 Å². The average molecular weight is 179 g/mol. The Morgan fingerprint density at radius 3 is 2.75 bits per heavy atom. The van der Waals surface area contributed by atoms with E-state index in [2.05, 4.69) is 5.32 Å². The topological polar surface area (TPSA) is 99.0 Å². The lowest BCUT2D eigenvalue weighted by molar-refractivity contribution is 0.00748. The summed E-state index contributed by atoms with van der Waals surface area (Å²) in [6.45, 7) is 0.0149. The van der Waals surface area contributed by atoms with Gasteiger partial charge in [-0.3, -0.25) is 0 Å². The van der Waals surface area contributed by atoms with Crippen molar-refractivity contribution < 1.29 is 24.9 Å². The number of amides is 1. The van der Waals surface area contributed by atoms with Crippen molar-refractivity contribution >= 4 is 6.09 Å². The molecule has 0 saturated carbocycles. The van der Waals surface area contributed by atoms with E-state index >= 15 is 0 Å². The van der Waals surface area contributed by atoms with E-state index in [1.165, 1.54) is 0 Å². The minimum absolute atomic E-state index is 0.0117. The highest BCUT2D eigenvalue weighted by molar-refractivity contribution is 5.64. The number of aliphatic hydroxyl groups excluding tert-OH is 2. The summed E-state index contributed by atoms with van der Waals surface area (Å²) >= 11 is 0. The lowest BCUT2D eigenvalue weighted by Crippen LogP contribution is -2.27. The van der Waals surface area contributed by atoms with Gasteiger partial charge in [-0.15, -0.1) is 0 Å². The molecule has 0 fully saturated rings. The van der Waals surface area contributed by atoms with Gasteiger partial charge < -0.3 is 25.4 Å². The molecule has 0 radical (unpaired) electrons. The Bertz CT molecular complexity index is 129. The van der Waals surface area contributed by atoms with Crippen molar-refractivity contribution in [2.75, 3.05) is 26.4 Å². The first-order valence-corrected chi connectivity index (χ1v) is 3.50. The molecular formula is C6H13NO5. The molecule has 4 N–H and O–H groups in total. The van der Waals surface area contributed by atoms with Gasteiger partial charge in [0.15, 0.2) is 0 Å². The van der Waals surface area contributed by atoms with Crippen molar-refractivity contribution in [1.82, 2.24) is 5.32 Å². The summed E-state index contributed by atoms with van der Waals surface area (Å²) in [5, 5.41) is 27.3. The van der Waals surface area contributed by atoms with Crippen LogP contribution in [0.4, 0.5) is 4.79 Å².